The molecule has 140 valence electrons. The minimum Gasteiger partial charge on any atom is -0.497 e. The van der Waals surface area contributed by atoms with Gasteiger partial charge in [0.25, 0.3) is 0 Å². The highest BCUT2D eigenvalue weighted by atomic mass is 35.5. The highest BCUT2D eigenvalue weighted by molar-refractivity contribution is 7.89. The minimum absolute atomic E-state index is 0.254. The Morgan fingerprint density at radius 2 is 1.78 bits per heavy atom. The van der Waals surface area contributed by atoms with Crippen molar-refractivity contribution in [3.05, 3.63) is 81.0 Å². The summed E-state index contributed by atoms with van der Waals surface area (Å²) >= 11 is 7.61. The fourth-order valence-corrected chi connectivity index (χ4v) is 6.05. The zero-order chi connectivity index (χ0) is 19.0. The molecule has 2 aromatic carbocycles. The molecule has 1 aliphatic rings. The van der Waals surface area contributed by atoms with E-state index in [0.29, 0.717) is 18.0 Å². The summed E-state index contributed by atoms with van der Waals surface area (Å²) in [4.78, 5) is 1.49. The lowest BCUT2D eigenvalue weighted by Gasteiger charge is -2.35. The van der Waals surface area contributed by atoms with Crippen LogP contribution >= 0.6 is 22.9 Å². The lowest BCUT2D eigenvalue weighted by atomic mass is 9.95. The summed E-state index contributed by atoms with van der Waals surface area (Å²) in [5.74, 6) is 0.743. The van der Waals surface area contributed by atoms with Crippen molar-refractivity contribution in [2.24, 2.45) is 0 Å². The first kappa shape index (κ1) is 18.5. The number of benzene rings is 2. The summed E-state index contributed by atoms with van der Waals surface area (Å²) in [6, 6.07) is 15.6. The molecule has 3 aromatic rings. The summed E-state index contributed by atoms with van der Waals surface area (Å²) in [6.45, 7) is 0.440. The first-order valence-electron chi connectivity index (χ1n) is 8.48. The molecule has 0 aliphatic carbocycles. The van der Waals surface area contributed by atoms with Crippen LogP contribution in [0.3, 0.4) is 0 Å². The van der Waals surface area contributed by atoms with Crippen molar-refractivity contribution in [1.82, 2.24) is 4.31 Å². The summed E-state index contributed by atoms with van der Waals surface area (Å²) < 4.78 is 33.6. The van der Waals surface area contributed by atoms with Crippen LogP contribution in [0.25, 0.3) is 0 Å². The fourth-order valence-electron chi connectivity index (χ4n) is 3.43. The zero-order valence-electron chi connectivity index (χ0n) is 14.6. The topological polar surface area (TPSA) is 46.6 Å². The molecule has 4 rings (SSSR count). The molecular formula is C20H18ClNO3S2. The molecule has 0 radical (unpaired) electrons. The molecule has 0 bridgehead atoms. The molecule has 0 N–H and O–H groups in total. The first-order valence-corrected chi connectivity index (χ1v) is 11.2. The number of nitrogens with zero attached hydrogens (tertiary/aromatic N) is 1. The van der Waals surface area contributed by atoms with E-state index in [0.717, 1.165) is 16.9 Å². The molecule has 27 heavy (non-hydrogen) atoms. The van der Waals surface area contributed by atoms with Gasteiger partial charge in [0.05, 0.1) is 18.0 Å². The maximum Gasteiger partial charge on any atom is 0.243 e. The van der Waals surface area contributed by atoms with E-state index in [1.54, 1.807) is 47.0 Å². The minimum atomic E-state index is -3.66. The molecule has 0 amide bonds. The quantitative estimate of drug-likeness (QED) is 0.613. The van der Waals surface area contributed by atoms with Gasteiger partial charge in [-0.15, -0.1) is 11.3 Å². The largest absolute Gasteiger partial charge is 0.497 e. The van der Waals surface area contributed by atoms with Gasteiger partial charge in [-0.25, -0.2) is 8.42 Å². The van der Waals surface area contributed by atoms with Gasteiger partial charge in [-0.1, -0.05) is 23.7 Å². The number of ether oxygens (including phenoxy) is 1. The van der Waals surface area contributed by atoms with Gasteiger partial charge >= 0.3 is 0 Å². The molecule has 4 nitrogen and oxygen atoms in total. The van der Waals surface area contributed by atoms with Crippen molar-refractivity contribution in [2.45, 2.75) is 17.4 Å². The number of sulfonamides is 1. The van der Waals surface area contributed by atoms with E-state index in [4.69, 9.17) is 16.3 Å². The fraction of sp³-hybridized carbons (Fsp3) is 0.200. The highest BCUT2D eigenvalue weighted by Gasteiger charge is 2.37. The van der Waals surface area contributed by atoms with Gasteiger partial charge in [-0.3, -0.25) is 0 Å². The Bertz CT molecular complexity index is 1040. The number of halogens is 1. The van der Waals surface area contributed by atoms with Crippen LogP contribution in [0, 0.1) is 0 Å². The van der Waals surface area contributed by atoms with E-state index in [2.05, 4.69) is 0 Å². The standard InChI is InChI=1S/C20H18ClNO3S2/c1-25-16-6-2-14(3-7-16)20-18-11-13-26-19(18)10-12-22(20)27(23,24)17-8-4-15(21)5-9-17/h2-9,11,13,20H,10,12H2,1H3/t20-/m0/s1. The number of hydrogen-bond acceptors (Lipinski definition) is 4. The van der Waals surface area contributed by atoms with Crippen LogP contribution in [0.5, 0.6) is 5.75 Å². The molecule has 1 aromatic heterocycles. The highest BCUT2D eigenvalue weighted by Crippen LogP contribution is 2.41. The first-order chi connectivity index (χ1) is 13.0. The summed E-state index contributed by atoms with van der Waals surface area (Å²) in [5, 5.41) is 2.54. The van der Waals surface area contributed by atoms with E-state index in [-0.39, 0.29) is 10.9 Å². The van der Waals surface area contributed by atoms with Crippen molar-refractivity contribution >= 4 is 33.0 Å². The van der Waals surface area contributed by atoms with Crippen molar-refractivity contribution in [3.8, 4) is 5.75 Å². The lowest BCUT2D eigenvalue weighted by molar-refractivity contribution is 0.346. The second-order valence-corrected chi connectivity index (χ2v) is 9.62. The molecule has 0 saturated heterocycles. The average molecular weight is 420 g/mol. The summed E-state index contributed by atoms with van der Waals surface area (Å²) in [7, 11) is -2.05. The molecule has 2 heterocycles. The van der Waals surface area contributed by atoms with Crippen LogP contribution < -0.4 is 4.74 Å². The zero-order valence-corrected chi connectivity index (χ0v) is 17.0. The van der Waals surface area contributed by atoms with E-state index >= 15 is 0 Å². The number of fused-ring (bicyclic) bond motifs is 1. The van der Waals surface area contributed by atoms with Crippen LogP contribution in [0.2, 0.25) is 5.02 Å². The van der Waals surface area contributed by atoms with E-state index in [1.165, 1.54) is 4.88 Å². The lowest BCUT2D eigenvalue weighted by Crippen LogP contribution is -2.40. The van der Waals surface area contributed by atoms with Gasteiger partial charge in [0.1, 0.15) is 5.75 Å². The maximum absolute atomic E-state index is 13.4. The van der Waals surface area contributed by atoms with Crippen LogP contribution in [-0.4, -0.2) is 26.4 Å². The van der Waals surface area contributed by atoms with Gasteiger partial charge in [-0.2, -0.15) is 4.31 Å². The van der Waals surface area contributed by atoms with Crippen LogP contribution in [-0.2, 0) is 16.4 Å². The van der Waals surface area contributed by atoms with Crippen molar-refractivity contribution in [1.29, 1.82) is 0 Å². The molecule has 0 spiro atoms. The molecular weight excluding hydrogens is 402 g/mol. The maximum atomic E-state index is 13.4. The van der Waals surface area contributed by atoms with Crippen molar-refractivity contribution in [3.63, 3.8) is 0 Å². The summed E-state index contributed by atoms with van der Waals surface area (Å²) in [5.41, 5.74) is 1.97. The Hall–Kier alpha value is -1.86. The summed E-state index contributed by atoms with van der Waals surface area (Å²) in [6.07, 6.45) is 0.715. The number of hydrogen-bond donors (Lipinski definition) is 0. The normalized spacial score (nSPS) is 17.5. The van der Waals surface area contributed by atoms with Crippen molar-refractivity contribution in [2.75, 3.05) is 13.7 Å². The van der Waals surface area contributed by atoms with E-state index in [9.17, 15) is 8.42 Å². The average Bonchev–Trinajstić information content (AvgIpc) is 3.16. The Balaban J connectivity index is 1.81. The van der Waals surface area contributed by atoms with Crippen LogP contribution in [0.15, 0.2) is 64.9 Å². The monoisotopic (exact) mass is 419 g/mol. The van der Waals surface area contributed by atoms with Crippen molar-refractivity contribution < 1.29 is 13.2 Å². The van der Waals surface area contributed by atoms with Crippen LogP contribution in [0.1, 0.15) is 22.0 Å². The SMILES string of the molecule is COc1ccc([C@H]2c3ccsc3CCN2S(=O)(=O)c2ccc(Cl)cc2)cc1. The van der Waals surface area contributed by atoms with Gasteiger partial charge < -0.3 is 4.74 Å². The van der Waals surface area contributed by atoms with E-state index in [1.807, 2.05) is 35.7 Å². The molecule has 7 heteroatoms. The van der Waals surface area contributed by atoms with Gasteiger partial charge in [0, 0.05) is 16.4 Å². The van der Waals surface area contributed by atoms with Gasteiger partial charge in [0.2, 0.25) is 10.0 Å². The third-order valence-corrected chi connectivity index (χ3v) is 7.90. The predicted molar refractivity (Wildman–Crippen MR) is 108 cm³/mol. The Labute approximate surface area is 168 Å². The smallest absolute Gasteiger partial charge is 0.243 e. The van der Waals surface area contributed by atoms with Gasteiger partial charge in [0.15, 0.2) is 0 Å². The predicted octanol–water partition coefficient (Wildman–Crippen LogP) is 4.75. The molecule has 0 unspecified atom stereocenters. The molecule has 0 saturated carbocycles. The Morgan fingerprint density at radius 3 is 2.44 bits per heavy atom. The second-order valence-electron chi connectivity index (χ2n) is 6.29. The molecule has 1 aliphatic heterocycles. The number of thiophene rings is 1. The van der Waals surface area contributed by atoms with Gasteiger partial charge in [-0.05, 0) is 65.4 Å². The molecule has 0 fully saturated rings. The Morgan fingerprint density at radius 1 is 1.07 bits per heavy atom. The van der Waals surface area contributed by atoms with E-state index < -0.39 is 10.0 Å². The third-order valence-electron chi connectivity index (χ3n) is 4.77. The molecule has 1 atom stereocenters. The number of rotatable bonds is 4. The third kappa shape index (κ3) is 3.38. The van der Waals surface area contributed by atoms with Crippen LogP contribution in [0.4, 0.5) is 0 Å². The second kappa shape index (κ2) is 7.28. The Kier molecular flexibility index (Phi) is 4.99. The number of methoxy groups -OCH3 is 1.